The predicted molar refractivity (Wildman–Crippen MR) is 146 cm³/mol. The molecule has 0 fully saturated rings. The largest absolute Gasteiger partial charge is 0.497 e. The number of benzene rings is 3. The number of amides is 2. The van der Waals surface area contributed by atoms with Crippen molar-refractivity contribution in [2.24, 2.45) is 0 Å². The Morgan fingerprint density at radius 3 is 2.43 bits per heavy atom. The van der Waals surface area contributed by atoms with Gasteiger partial charge in [-0.2, -0.15) is 0 Å². The molecule has 2 N–H and O–H groups in total. The predicted octanol–water partition coefficient (Wildman–Crippen LogP) is 5.21. The zero-order valence-electron chi connectivity index (χ0n) is 20.6. The van der Waals surface area contributed by atoms with E-state index in [1.54, 1.807) is 37.4 Å². The number of carbonyl (C=O) groups is 2. The molecule has 1 heterocycles. The van der Waals surface area contributed by atoms with Crippen LogP contribution in [0.3, 0.4) is 0 Å². The number of hydrogen-bond donors (Lipinski definition) is 2. The van der Waals surface area contributed by atoms with Gasteiger partial charge in [-0.25, -0.2) is 0 Å². The Balaban J connectivity index is 1.53. The van der Waals surface area contributed by atoms with Crippen LogP contribution in [0.4, 0.5) is 5.69 Å². The molecule has 0 aliphatic rings. The van der Waals surface area contributed by atoms with Crippen LogP contribution in [0.2, 0.25) is 5.02 Å². The van der Waals surface area contributed by atoms with Gasteiger partial charge in [-0.15, -0.1) is 10.2 Å². The molecule has 190 valence electrons. The lowest BCUT2D eigenvalue weighted by molar-refractivity contribution is -0.113. The number of thioether (sulfide) groups is 1. The quantitative estimate of drug-likeness (QED) is 0.286. The number of hydrogen-bond acceptors (Lipinski definition) is 6. The highest BCUT2D eigenvalue weighted by molar-refractivity contribution is 7.99. The van der Waals surface area contributed by atoms with Gasteiger partial charge < -0.3 is 15.4 Å². The summed E-state index contributed by atoms with van der Waals surface area (Å²) >= 11 is 7.64. The maximum absolute atomic E-state index is 12.7. The average molecular weight is 536 g/mol. The van der Waals surface area contributed by atoms with Crippen molar-refractivity contribution < 1.29 is 14.3 Å². The molecule has 0 saturated heterocycles. The molecule has 3 aromatic carbocycles. The number of ether oxygens (including phenoxy) is 1. The van der Waals surface area contributed by atoms with E-state index in [1.165, 1.54) is 11.8 Å². The number of nitrogens with zero attached hydrogens (tertiary/aromatic N) is 3. The van der Waals surface area contributed by atoms with Gasteiger partial charge in [-0.05, 0) is 67.9 Å². The van der Waals surface area contributed by atoms with Crippen molar-refractivity contribution in [2.75, 3.05) is 18.2 Å². The van der Waals surface area contributed by atoms with Crippen molar-refractivity contribution in [1.29, 1.82) is 0 Å². The van der Waals surface area contributed by atoms with Crippen LogP contribution in [-0.2, 0) is 11.3 Å². The molecule has 0 aliphatic carbocycles. The highest BCUT2D eigenvalue weighted by Crippen LogP contribution is 2.28. The fraction of sp³-hybridized carbons (Fsp3) is 0.185. The van der Waals surface area contributed by atoms with Gasteiger partial charge in [0.25, 0.3) is 5.91 Å². The van der Waals surface area contributed by atoms with Crippen LogP contribution in [0.1, 0.15) is 27.3 Å². The minimum absolute atomic E-state index is 0.125. The minimum Gasteiger partial charge on any atom is -0.497 e. The Labute approximate surface area is 224 Å². The van der Waals surface area contributed by atoms with Crippen LogP contribution < -0.4 is 15.4 Å². The van der Waals surface area contributed by atoms with E-state index in [0.717, 1.165) is 22.5 Å². The van der Waals surface area contributed by atoms with E-state index in [0.29, 0.717) is 27.3 Å². The second-order valence-corrected chi connectivity index (χ2v) is 9.58. The molecule has 4 rings (SSSR count). The highest BCUT2D eigenvalue weighted by atomic mass is 35.5. The Bertz CT molecular complexity index is 1400. The lowest BCUT2D eigenvalue weighted by Gasteiger charge is -2.14. The third kappa shape index (κ3) is 6.49. The molecule has 0 unspecified atom stereocenters. The molecule has 1 aromatic heterocycles. The molecule has 0 saturated carbocycles. The second-order valence-electron chi connectivity index (χ2n) is 8.23. The van der Waals surface area contributed by atoms with Crippen LogP contribution in [0.5, 0.6) is 5.75 Å². The lowest BCUT2D eigenvalue weighted by Crippen LogP contribution is -2.24. The van der Waals surface area contributed by atoms with E-state index < -0.39 is 0 Å². The summed E-state index contributed by atoms with van der Waals surface area (Å²) in [7, 11) is 1.57. The summed E-state index contributed by atoms with van der Waals surface area (Å²) in [5.74, 6) is 0.880. The van der Waals surface area contributed by atoms with E-state index in [1.807, 2.05) is 54.8 Å². The molecular weight excluding hydrogens is 510 g/mol. The number of methoxy groups -OCH3 is 1. The molecule has 8 nitrogen and oxygen atoms in total. The van der Waals surface area contributed by atoms with Crippen molar-refractivity contribution in [3.63, 3.8) is 0 Å². The summed E-state index contributed by atoms with van der Waals surface area (Å²) in [6.07, 6.45) is 0. The molecule has 0 spiro atoms. The number of halogens is 1. The maximum atomic E-state index is 12.7. The van der Waals surface area contributed by atoms with Gasteiger partial charge in [0.15, 0.2) is 11.0 Å². The minimum atomic E-state index is -0.258. The van der Waals surface area contributed by atoms with Crippen LogP contribution in [0.25, 0.3) is 5.69 Å². The first-order chi connectivity index (χ1) is 17.9. The molecular formula is C27H26ClN5O3S. The number of carbonyl (C=O) groups excluding carboxylic acids is 2. The monoisotopic (exact) mass is 535 g/mol. The Morgan fingerprint density at radius 2 is 1.73 bits per heavy atom. The topological polar surface area (TPSA) is 98.1 Å². The first kappa shape index (κ1) is 26.2. The number of nitrogens with one attached hydrogen (secondary N) is 2. The molecule has 4 aromatic rings. The molecule has 0 aliphatic heterocycles. The fourth-order valence-corrected chi connectivity index (χ4v) is 4.49. The van der Waals surface area contributed by atoms with Crippen molar-refractivity contribution in [2.45, 2.75) is 25.5 Å². The smallest absolute Gasteiger partial charge is 0.251 e. The Kier molecular flexibility index (Phi) is 8.47. The number of aromatic nitrogens is 3. The maximum Gasteiger partial charge on any atom is 0.251 e. The third-order valence-electron chi connectivity index (χ3n) is 5.61. The van der Waals surface area contributed by atoms with Crippen LogP contribution in [0, 0.1) is 13.8 Å². The Morgan fingerprint density at radius 1 is 1.00 bits per heavy atom. The van der Waals surface area contributed by atoms with Crippen molar-refractivity contribution in [3.05, 3.63) is 94.3 Å². The molecule has 0 radical (unpaired) electrons. The normalized spacial score (nSPS) is 10.7. The summed E-state index contributed by atoms with van der Waals surface area (Å²) in [6, 6.07) is 20.0. The summed E-state index contributed by atoms with van der Waals surface area (Å²) < 4.78 is 6.97. The first-order valence-corrected chi connectivity index (χ1v) is 12.8. The zero-order chi connectivity index (χ0) is 26.4. The standard InChI is InChI=1S/C27H26ClN5O3S/c1-17-7-11-20(12-8-17)30-25(34)16-37-27-32-31-24(33(27)23-6-4-5-22(28)18(23)2)15-29-26(35)19-9-13-21(36-3)14-10-19/h4-14H,15-16H2,1-3H3,(H,29,35)(H,30,34). The molecule has 0 atom stereocenters. The van der Waals surface area contributed by atoms with Crippen molar-refractivity contribution >= 4 is 40.9 Å². The first-order valence-electron chi connectivity index (χ1n) is 11.5. The summed E-state index contributed by atoms with van der Waals surface area (Å²) in [6.45, 7) is 4.01. The van der Waals surface area contributed by atoms with Gasteiger partial charge in [0.2, 0.25) is 5.91 Å². The van der Waals surface area contributed by atoms with Crippen LogP contribution in [0.15, 0.2) is 71.9 Å². The molecule has 0 bridgehead atoms. The van der Waals surface area contributed by atoms with E-state index in [9.17, 15) is 9.59 Å². The van der Waals surface area contributed by atoms with E-state index in [-0.39, 0.29) is 24.1 Å². The highest BCUT2D eigenvalue weighted by Gasteiger charge is 2.19. The van der Waals surface area contributed by atoms with Crippen molar-refractivity contribution in [1.82, 2.24) is 20.1 Å². The van der Waals surface area contributed by atoms with Crippen molar-refractivity contribution in [3.8, 4) is 11.4 Å². The SMILES string of the molecule is COc1ccc(C(=O)NCc2nnc(SCC(=O)Nc3ccc(C)cc3)n2-c2cccc(Cl)c2C)cc1. The van der Waals surface area contributed by atoms with Gasteiger partial charge in [0, 0.05) is 16.3 Å². The zero-order valence-corrected chi connectivity index (χ0v) is 22.2. The van der Waals surface area contributed by atoms with Crippen LogP contribution >= 0.6 is 23.4 Å². The average Bonchev–Trinajstić information content (AvgIpc) is 3.31. The van der Waals surface area contributed by atoms with Gasteiger partial charge in [0.05, 0.1) is 25.1 Å². The Hall–Kier alpha value is -3.82. The number of anilines is 1. The lowest BCUT2D eigenvalue weighted by atomic mass is 10.2. The van der Waals surface area contributed by atoms with Gasteiger partial charge >= 0.3 is 0 Å². The van der Waals surface area contributed by atoms with E-state index >= 15 is 0 Å². The third-order valence-corrected chi connectivity index (χ3v) is 6.95. The molecule has 10 heteroatoms. The van der Waals surface area contributed by atoms with E-state index in [2.05, 4.69) is 20.8 Å². The van der Waals surface area contributed by atoms with Gasteiger partial charge in [-0.3, -0.25) is 14.2 Å². The van der Waals surface area contributed by atoms with Crippen LogP contribution in [-0.4, -0.2) is 39.4 Å². The summed E-state index contributed by atoms with van der Waals surface area (Å²) in [5.41, 5.74) is 3.94. The summed E-state index contributed by atoms with van der Waals surface area (Å²) in [4.78, 5) is 25.3. The second kappa shape index (κ2) is 11.9. The van der Waals surface area contributed by atoms with Gasteiger partial charge in [-0.1, -0.05) is 47.1 Å². The number of aryl methyl sites for hydroxylation is 1. The fourth-order valence-electron chi connectivity index (χ4n) is 3.56. The van der Waals surface area contributed by atoms with E-state index in [4.69, 9.17) is 16.3 Å². The van der Waals surface area contributed by atoms with Gasteiger partial charge in [0.1, 0.15) is 5.75 Å². The summed E-state index contributed by atoms with van der Waals surface area (Å²) in [5, 5.41) is 15.5. The molecule has 37 heavy (non-hydrogen) atoms. The molecule has 2 amide bonds. The number of rotatable bonds is 9.